The first-order chi connectivity index (χ1) is 12.8. The molecule has 1 aromatic rings. The van der Waals surface area contributed by atoms with Crippen molar-refractivity contribution in [3.8, 4) is 0 Å². The minimum atomic E-state index is -4.16. The van der Waals surface area contributed by atoms with Gasteiger partial charge in [0.15, 0.2) is 5.96 Å². The minimum Gasteiger partial charge on any atom is -0.370 e. The summed E-state index contributed by atoms with van der Waals surface area (Å²) in [5, 5.41) is 7.45. The van der Waals surface area contributed by atoms with Crippen LogP contribution in [0.5, 0.6) is 0 Å². The van der Waals surface area contributed by atoms with Gasteiger partial charge in [0.05, 0.1) is 25.9 Å². The molecule has 0 saturated carbocycles. The van der Waals surface area contributed by atoms with Crippen LogP contribution in [0.2, 0.25) is 0 Å². The Hall–Kier alpha value is -1.81. The van der Waals surface area contributed by atoms with Crippen molar-refractivity contribution in [1.29, 1.82) is 0 Å². The number of alkyl halides is 3. The molecule has 10 heteroatoms. The highest BCUT2D eigenvalue weighted by molar-refractivity contribution is 5.80. The Bertz CT molecular complexity index is 604. The Balaban J connectivity index is 1.88. The molecule has 7 nitrogen and oxygen atoms in total. The van der Waals surface area contributed by atoms with Crippen molar-refractivity contribution >= 4 is 5.96 Å². The molecular formula is C17H29F3N6O. The molecule has 1 saturated heterocycles. The lowest BCUT2D eigenvalue weighted by atomic mass is 10.1. The van der Waals surface area contributed by atoms with Gasteiger partial charge in [0.25, 0.3) is 0 Å². The predicted molar refractivity (Wildman–Crippen MR) is 97.6 cm³/mol. The lowest BCUT2D eigenvalue weighted by Crippen LogP contribution is -2.48. The third kappa shape index (κ3) is 7.37. The number of nitrogens with one attached hydrogen (secondary N) is 1. The molecule has 2 rings (SSSR count). The number of aryl methyl sites for hydroxylation is 1. The van der Waals surface area contributed by atoms with Gasteiger partial charge in [-0.3, -0.25) is 14.6 Å². The van der Waals surface area contributed by atoms with Crippen LogP contribution in [-0.2, 0) is 11.8 Å². The smallest absolute Gasteiger partial charge is 0.370 e. The molecule has 2 heterocycles. The number of aliphatic imine (C=N–C) groups is 1. The Morgan fingerprint density at radius 1 is 1.48 bits per heavy atom. The van der Waals surface area contributed by atoms with Gasteiger partial charge in [-0.2, -0.15) is 18.3 Å². The van der Waals surface area contributed by atoms with Gasteiger partial charge in [-0.15, -0.1) is 0 Å². The predicted octanol–water partition coefficient (Wildman–Crippen LogP) is 1.64. The number of ether oxygens (including phenoxy) is 1. The molecule has 0 spiro atoms. The van der Waals surface area contributed by atoms with E-state index in [2.05, 4.69) is 20.3 Å². The third-order valence-electron chi connectivity index (χ3n) is 4.21. The Morgan fingerprint density at radius 2 is 2.26 bits per heavy atom. The first-order valence-electron chi connectivity index (χ1n) is 9.17. The van der Waals surface area contributed by atoms with Crippen LogP contribution in [0, 0.1) is 0 Å². The van der Waals surface area contributed by atoms with Crippen molar-refractivity contribution < 1.29 is 17.9 Å². The van der Waals surface area contributed by atoms with Gasteiger partial charge in [-0.1, -0.05) is 0 Å². The molecule has 1 aliphatic rings. The van der Waals surface area contributed by atoms with E-state index in [1.165, 1.54) is 11.9 Å². The molecule has 1 unspecified atom stereocenters. The summed E-state index contributed by atoms with van der Waals surface area (Å²) in [6.07, 6.45) is 0.0674. The van der Waals surface area contributed by atoms with Crippen molar-refractivity contribution in [2.75, 3.05) is 52.9 Å². The van der Waals surface area contributed by atoms with E-state index in [1.807, 2.05) is 20.2 Å². The standard InChI is InChI=1S/C17H29F3N6O/c1-4-21-16(22-6-5-7-24(2)13-17(18,19)20)26-8-9-27-15(12-26)14-10-23-25(3)11-14/h10-11,15H,4-9,12-13H2,1-3H3,(H,21,22). The molecule has 0 amide bonds. The monoisotopic (exact) mass is 390 g/mol. The highest BCUT2D eigenvalue weighted by Crippen LogP contribution is 2.21. The van der Waals surface area contributed by atoms with Crippen molar-refractivity contribution in [2.24, 2.45) is 12.0 Å². The molecule has 0 aromatic carbocycles. The zero-order chi connectivity index (χ0) is 19.9. The summed E-state index contributed by atoms with van der Waals surface area (Å²) in [5.74, 6) is 0.771. The van der Waals surface area contributed by atoms with Gasteiger partial charge < -0.3 is 15.0 Å². The average molecular weight is 390 g/mol. The van der Waals surface area contributed by atoms with Crippen LogP contribution in [0.15, 0.2) is 17.4 Å². The third-order valence-corrected chi connectivity index (χ3v) is 4.21. The van der Waals surface area contributed by atoms with E-state index in [4.69, 9.17) is 4.74 Å². The fourth-order valence-electron chi connectivity index (χ4n) is 2.99. The number of hydrogen-bond donors (Lipinski definition) is 1. The van der Waals surface area contributed by atoms with Gasteiger partial charge in [0, 0.05) is 38.4 Å². The van der Waals surface area contributed by atoms with E-state index in [0.717, 1.165) is 24.6 Å². The van der Waals surface area contributed by atoms with Crippen LogP contribution in [0.25, 0.3) is 0 Å². The Labute approximate surface area is 158 Å². The summed E-state index contributed by atoms with van der Waals surface area (Å²) >= 11 is 0. The van der Waals surface area contributed by atoms with Crippen LogP contribution < -0.4 is 5.32 Å². The van der Waals surface area contributed by atoms with Crippen molar-refractivity contribution in [3.05, 3.63) is 18.0 Å². The lowest BCUT2D eigenvalue weighted by molar-refractivity contribution is -0.143. The second-order valence-electron chi connectivity index (χ2n) is 6.69. The van der Waals surface area contributed by atoms with Crippen LogP contribution in [0.4, 0.5) is 13.2 Å². The number of rotatable bonds is 7. The molecule has 1 atom stereocenters. The van der Waals surface area contributed by atoms with E-state index in [0.29, 0.717) is 32.7 Å². The van der Waals surface area contributed by atoms with Crippen LogP contribution in [-0.4, -0.2) is 84.6 Å². The molecule has 1 aliphatic heterocycles. The molecule has 27 heavy (non-hydrogen) atoms. The fraction of sp³-hybridized carbons (Fsp3) is 0.765. The zero-order valence-electron chi connectivity index (χ0n) is 16.2. The van der Waals surface area contributed by atoms with E-state index < -0.39 is 12.7 Å². The average Bonchev–Trinajstić information content (AvgIpc) is 3.03. The fourth-order valence-corrected chi connectivity index (χ4v) is 2.99. The number of morpholine rings is 1. The first-order valence-corrected chi connectivity index (χ1v) is 9.17. The van der Waals surface area contributed by atoms with Crippen LogP contribution in [0.3, 0.4) is 0 Å². The Morgan fingerprint density at radius 3 is 2.89 bits per heavy atom. The number of hydrogen-bond acceptors (Lipinski definition) is 4. The number of aromatic nitrogens is 2. The van der Waals surface area contributed by atoms with Gasteiger partial charge in [-0.25, -0.2) is 0 Å². The molecule has 1 fully saturated rings. The van der Waals surface area contributed by atoms with Crippen molar-refractivity contribution in [2.45, 2.75) is 25.6 Å². The second kappa shape index (κ2) is 9.93. The molecule has 1 aromatic heterocycles. The normalized spacial score (nSPS) is 19.0. The summed E-state index contributed by atoms with van der Waals surface area (Å²) in [4.78, 5) is 7.99. The topological polar surface area (TPSA) is 57.9 Å². The van der Waals surface area contributed by atoms with Crippen LogP contribution >= 0.6 is 0 Å². The molecular weight excluding hydrogens is 361 g/mol. The highest BCUT2D eigenvalue weighted by atomic mass is 19.4. The molecule has 1 N–H and O–H groups in total. The van der Waals surface area contributed by atoms with Crippen LogP contribution in [0.1, 0.15) is 25.0 Å². The summed E-state index contributed by atoms with van der Waals surface area (Å²) in [5.41, 5.74) is 1.02. The summed E-state index contributed by atoms with van der Waals surface area (Å²) in [7, 11) is 3.34. The molecule has 0 bridgehead atoms. The number of guanidine groups is 1. The maximum Gasteiger partial charge on any atom is 0.401 e. The quantitative estimate of drug-likeness (QED) is 0.436. The summed E-state index contributed by atoms with van der Waals surface area (Å²) < 4.78 is 44.7. The summed E-state index contributed by atoms with van der Waals surface area (Å²) in [6.45, 7) is 4.60. The lowest BCUT2D eigenvalue weighted by Gasteiger charge is -2.34. The van der Waals surface area contributed by atoms with E-state index in [-0.39, 0.29) is 6.10 Å². The van der Waals surface area contributed by atoms with Gasteiger partial charge in [0.1, 0.15) is 6.10 Å². The SMILES string of the molecule is CCNC(=NCCCN(C)CC(F)(F)F)N1CCOC(c2cnn(C)c2)C1. The van der Waals surface area contributed by atoms with E-state index in [9.17, 15) is 13.2 Å². The van der Waals surface area contributed by atoms with E-state index in [1.54, 1.807) is 10.9 Å². The molecule has 0 radical (unpaired) electrons. The van der Waals surface area contributed by atoms with Crippen molar-refractivity contribution in [3.63, 3.8) is 0 Å². The highest BCUT2D eigenvalue weighted by Gasteiger charge is 2.29. The largest absolute Gasteiger partial charge is 0.401 e. The first kappa shape index (κ1) is 21.5. The number of halogens is 3. The van der Waals surface area contributed by atoms with Gasteiger partial charge in [-0.05, 0) is 26.9 Å². The summed E-state index contributed by atoms with van der Waals surface area (Å²) in [6, 6.07) is 0. The molecule has 0 aliphatic carbocycles. The molecule has 154 valence electrons. The van der Waals surface area contributed by atoms with Crippen molar-refractivity contribution in [1.82, 2.24) is 24.9 Å². The van der Waals surface area contributed by atoms with E-state index >= 15 is 0 Å². The second-order valence-corrected chi connectivity index (χ2v) is 6.69. The minimum absolute atomic E-state index is 0.0748. The Kier molecular flexibility index (Phi) is 7.91. The maximum absolute atomic E-state index is 12.4. The zero-order valence-corrected chi connectivity index (χ0v) is 16.2. The number of nitrogens with zero attached hydrogens (tertiary/aromatic N) is 5. The maximum atomic E-state index is 12.4. The van der Waals surface area contributed by atoms with Gasteiger partial charge >= 0.3 is 6.18 Å². The van der Waals surface area contributed by atoms with Gasteiger partial charge in [0.2, 0.25) is 0 Å².